The molecule has 2 fully saturated rings. The van der Waals surface area contributed by atoms with Gasteiger partial charge in [-0.05, 0) is 27.7 Å². The molecule has 2 aliphatic heterocycles. The molecule has 4 rings (SSSR count). The maximum Gasteiger partial charge on any atom is 0.510 e. The van der Waals surface area contributed by atoms with Crippen molar-refractivity contribution in [2.45, 2.75) is 57.8 Å². The molecule has 4 heterocycles. The fourth-order valence-corrected chi connectivity index (χ4v) is 4.96. The molecule has 2 aliphatic rings. The Labute approximate surface area is 194 Å². The molecule has 0 bridgehead atoms. The third-order valence-corrected chi connectivity index (χ3v) is 6.39. The van der Waals surface area contributed by atoms with Gasteiger partial charge in [-0.2, -0.15) is 9.97 Å². The van der Waals surface area contributed by atoms with Gasteiger partial charge in [0, 0.05) is 0 Å². The number of nitrogens with two attached hydrogens (primary N) is 1. The Balaban J connectivity index is 1.51. The van der Waals surface area contributed by atoms with E-state index in [4.69, 9.17) is 38.3 Å². The number of rotatable bonds is 7. The van der Waals surface area contributed by atoms with Crippen LogP contribution < -0.4 is 10.5 Å². The number of phosphoric acid groups is 1. The molecule has 2 aromatic rings. The van der Waals surface area contributed by atoms with Gasteiger partial charge in [-0.1, -0.05) is 0 Å². The number of hydrogen-bond donors (Lipinski definition) is 2. The predicted molar refractivity (Wildman–Crippen MR) is 113 cm³/mol. The molecular weight excluding hydrogens is 477 g/mol. The highest BCUT2D eigenvalue weighted by atomic mass is 31.2. The molecule has 34 heavy (non-hydrogen) atoms. The second kappa shape index (κ2) is 9.24. The second-order valence-electron chi connectivity index (χ2n) is 7.97. The number of aromatic nitrogens is 4. The zero-order valence-corrected chi connectivity index (χ0v) is 19.8. The van der Waals surface area contributed by atoms with Crippen LogP contribution in [0.15, 0.2) is 6.33 Å². The number of aliphatic hydroxyl groups is 1. The molecule has 0 aromatic carbocycles. The molecule has 2 saturated heterocycles. The Bertz CT molecular complexity index is 1110. The summed E-state index contributed by atoms with van der Waals surface area (Å²) in [7, 11) is -4.19. The number of hydrogen-bond acceptors (Lipinski definition) is 14. The standard InChI is InChI=1S/C18H26N5O10P/c1-5-27-14-11-13(21-16(19)22-14)23(7-20-11)15-18(4,25)12-10(32-15)6-29-34(26,33-12)30-8-28-17(24)31-9(2)3/h7,9-10,12,15,25H,5-6,8H2,1-4H3,(H2,19,21,22)/t10-,12-,15-,18-,34-/m1/s1. The molecule has 5 atom stereocenters. The van der Waals surface area contributed by atoms with E-state index in [-0.39, 0.29) is 24.1 Å². The molecule has 0 saturated carbocycles. The zero-order valence-electron chi connectivity index (χ0n) is 18.9. The Hall–Kier alpha value is -2.55. The summed E-state index contributed by atoms with van der Waals surface area (Å²) in [5.41, 5.74) is 4.66. The van der Waals surface area contributed by atoms with Crippen molar-refractivity contribution in [3.63, 3.8) is 0 Å². The van der Waals surface area contributed by atoms with E-state index in [9.17, 15) is 14.5 Å². The van der Waals surface area contributed by atoms with Gasteiger partial charge in [0.05, 0.1) is 25.6 Å². The van der Waals surface area contributed by atoms with Crippen LogP contribution in [0.4, 0.5) is 10.7 Å². The fraction of sp³-hybridized carbons (Fsp3) is 0.667. The first-order valence-electron chi connectivity index (χ1n) is 10.5. The first-order chi connectivity index (χ1) is 16.0. The quantitative estimate of drug-likeness (QED) is 0.314. The summed E-state index contributed by atoms with van der Waals surface area (Å²) in [4.78, 5) is 24.0. The summed E-state index contributed by atoms with van der Waals surface area (Å²) in [6.45, 7) is 5.87. The number of imidazole rings is 1. The summed E-state index contributed by atoms with van der Waals surface area (Å²) in [5, 5.41) is 11.3. The predicted octanol–water partition coefficient (Wildman–Crippen LogP) is 1.51. The fourth-order valence-electron chi connectivity index (χ4n) is 3.62. The Morgan fingerprint density at radius 2 is 2.21 bits per heavy atom. The van der Waals surface area contributed by atoms with Crippen LogP contribution in [-0.4, -0.2) is 74.7 Å². The minimum absolute atomic E-state index is 0.0544. The summed E-state index contributed by atoms with van der Waals surface area (Å²) in [6.07, 6.45) is -3.01. The lowest BCUT2D eigenvalue weighted by Crippen LogP contribution is -2.47. The average molecular weight is 503 g/mol. The van der Waals surface area contributed by atoms with Crippen molar-refractivity contribution in [3.8, 4) is 5.88 Å². The van der Waals surface area contributed by atoms with E-state index in [1.807, 2.05) is 0 Å². The van der Waals surface area contributed by atoms with Crippen LogP contribution in [0.25, 0.3) is 11.2 Å². The topological polar surface area (TPSA) is 189 Å². The Morgan fingerprint density at radius 1 is 1.44 bits per heavy atom. The molecule has 16 heteroatoms. The number of ether oxygens (including phenoxy) is 4. The molecular formula is C18H26N5O10P. The van der Waals surface area contributed by atoms with Gasteiger partial charge in [0.2, 0.25) is 18.6 Å². The SMILES string of the molecule is CCOc1nc(N)nc2c1ncn2[C@@H]1O[C@@H]2CO[P@](=O)(OCOC(=O)OC(C)C)O[C@H]2[C@@]1(C)O. The highest BCUT2D eigenvalue weighted by molar-refractivity contribution is 7.48. The smallest absolute Gasteiger partial charge is 0.476 e. The van der Waals surface area contributed by atoms with Crippen molar-refractivity contribution in [1.82, 2.24) is 19.5 Å². The van der Waals surface area contributed by atoms with Gasteiger partial charge >= 0.3 is 14.0 Å². The molecule has 0 aliphatic carbocycles. The third-order valence-electron chi connectivity index (χ3n) is 5.02. The van der Waals surface area contributed by atoms with Crippen LogP contribution in [0, 0.1) is 0 Å². The largest absolute Gasteiger partial charge is 0.510 e. The van der Waals surface area contributed by atoms with E-state index in [0.717, 1.165) is 0 Å². The minimum Gasteiger partial charge on any atom is -0.476 e. The Morgan fingerprint density at radius 3 is 2.91 bits per heavy atom. The number of carbonyl (C=O) groups excluding carboxylic acids is 1. The molecule has 2 aromatic heterocycles. The van der Waals surface area contributed by atoms with Crippen molar-refractivity contribution in [3.05, 3.63) is 6.33 Å². The second-order valence-corrected chi connectivity index (χ2v) is 9.60. The number of anilines is 1. The van der Waals surface area contributed by atoms with Crippen LogP contribution in [0.1, 0.15) is 33.9 Å². The van der Waals surface area contributed by atoms with E-state index in [2.05, 4.69) is 15.0 Å². The molecule has 0 radical (unpaired) electrons. The van der Waals surface area contributed by atoms with Gasteiger partial charge in [-0.3, -0.25) is 13.6 Å². The summed E-state index contributed by atoms with van der Waals surface area (Å²) in [6, 6.07) is 0. The van der Waals surface area contributed by atoms with Crippen molar-refractivity contribution in [1.29, 1.82) is 0 Å². The summed E-state index contributed by atoms with van der Waals surface area (Å²) >= 11 is 0. The lowest BCUT2D eigenvalue weighted by Gasteiger charge is -2.34. The number of fused-ring (bicyclic) bond motifs is 2. The lowest BCUT2D eigenvalue weighted by molar-refractivity contribution is -0.0957. The molecule has 188 valence electrons. The van der Waals surface area contributed by atoms with Crippen molar-refractivity contribution in [2.75, 3.05) is 25.7 Å². The number of nitrogen functional groups attached to an aromatic ring is 1. The molecule has 0 spiro atoms. The van der Waals surface area contributed by atoms with Gasteiger partial charge in [-0.15, -0.1) is 0 Å². The number of phosphoric ester groups is 1. The van der Waals surface area contributed by atoms with Crippen molar-refractivity contribution in [2.24, 2.45) is 0 Å². The number of carbonyl (C=O) groups is 1. The van der Waals surface area contributed by atoms with E-state index in [1.54, 1.807) is 20.8 Å². The van der Waals surface area contributed by atoms with E-state index < -0.39 is 50.9 Å². The first kappa shape index (κ1) is 24.6. The monoisotopic (exact) mass is 503 g/mol. The molecule has 0 unspecified atom stereocenters. The van der Waals surface area contributed by atoms with Gasteiger partial charge < -0.3 is 29.8 Å². The van der Waals surface area contributed by atoms with Crippen molar-refractivity contribution < 1.29 is 47.0 Å². The summed E-state index contributed by atoms with van der Waals surface area (Å²) in [5.74, 6) is 0.133. The van der Waals surface area contributed by atoms with Crippen molar-refractivity contribution >= 4 is 31.1 Å². The molecule has 15 nitrogen and oxygen atoms in total. The first-order valence-corrected chi connectivity index (χ1v) is 11.9. The summed E-state index contributed by atoms with van der Waals surface area (Å²) < 4.78 is 51.0. The van der Waals surface area contributed by atoms with Gasteiger partial charge in [0.15, 0.2) is 17.4 Å². The maximum absolute atomic E-state index is 12.9. The van der Waals surface area contributed by atoms with Crippen LogP contribution >= 0.6 is 7.82 Å². The molecule has 0 amide bonds. The maximum atomic E-state index is 12.9. The van der Waals surface area contributed by atoms with Crippen LogP contribution in [-0.2, 0) is 32.3 Å². The van der Waals surface area contributed by atoms with Crippen LogP contribution in [0.5, 0.6) is 5.88 Å². The third kappa shape index (κ3) is 4.67. The minimum atomic E-state index is -4.19. The average Bonchev–Trinajstić information content (AvgIpc) is 3.26. The van der Waals surface area contributed by atoms with Crippen LogP contribution in [0.3, 0.4) is 0 Å². The highest BCUT2D eigenvalue weighted by Crippen LogP contribution is 2.58. The van der Waals surface area contributed by atoms with Crippen LogP contribution in [0.2, 0.25) is 0 Å². The van der Waals surface area contributed by atoms with E-state index in [1.165, 1.54) is 17.8 Å². The lowest BCUT2D eigenvalue weighted by atomic mass is 9.96. The molecule has 3 N–H and O–H groups in total. The zero-order chi connectivity index (χ0) is 24.7. The normalized spacial score (nSPS) is 30.9. The highest BCUT2D eigenvalue weighted by Gasteiger charge is 2.60. The van der Waals surface area contributed by atoms with Gasteiger partial charge in [-0.25, -0.2) is 18.9 Å². The Kier molecular flexibility index (Phi) is 6.68. The van der Waals surface area contributed by atoms with E-state index >= 15 is 0 Å². The van der Waals surface area contributed by atoms with Gasteiger partial charge in [0.1, 0.15) is 17.8 Å². The van der Waals surface area contributed by atoms with Gasteiger partial charge in [0.25, 0.3) is 0 Å². The number of nitrogens with zero attached hydrogens (tertiary/aromatic N) is 4. The van der Waals surface area contributed by atoms with E-state index in [0.29, 0.717) is 12.1 Å².